The van der Waals surface area contributed by atoms with Crippen LogP contribution in [0.4, 0.5) is 5.69 Å². The highest BCUT2D eigenvalue weighted by Gasteiger charge is 2.34. The first-order valence-electron chi connectivity index (χ1n) is 13.8. The van der Waals surface area contributed by atoms with Gasteiger partial charge in [0.1, 0.15) is 12.6 Å². The van der Waals surface area contributed by atoms with Crippen LogP contribution in [0.3, 0.4) is 0 Å². The lowest BCUT2D eigenvalue weighted by Gasteiger charge is -2.34. The van der Waals surface area contributed by atoms with E-state index in [9.17, 15) is 18.0 Å². The van der Waals surface area contributed by atoms with Crippen molar-refractivity contribution in [3.05, 3.63) is 95.1 Å². The SMILES string of the molecule is CC[C@H](C(=O)N[C@@H](C)CC)N(Cc1ccccc1C)C(=O)CN(c1cccc(C)c1)S(=O)(=O)c1ccc(C)cc1. The molecule has 3 aromatic carbocycles. The maximum absolute atomic E-state index is 14.2. The van der Waals surface area contributed by atoms with E-state index in [2.05, 4.69) is 5.32 Å². The molecule has 0 saturated heterocycles. The summed E-state index contributed by atoms with van der Waals surface area (Å²) in [5.41, 5.74) is 4.07. The molecule has 0 aliphatic carbocycles. The zero-order valence-electron chi connectivity index (χ0n) is 24.3. The van der Waals surface area contributed by atoms with E-state index in [1.807, 2.05) is 71.9 Å². The van der Waals surface area contributed by atoms with Crippen molar-refractivity contribution in [2.45, 2.75) is 77.9 Å². The minimum absolute atomic E-state index is 0.0531. The second kappa shape index (κ2) is 13.6. The normalized spacial score (nSPS) is 12.8. The first kappa shape index (κ1) is 30.9. The molecule has 3 aromatic rings. The van der Waals surface area contributed by atoms with Crippen LogP contribution < -0.4 is 9.62 Å². The summed E-state index contributed by atoms with van der Waals surface area (Å²) < 4.78 is 29.1. The highest BCUT2D eigenvalue weighted by atomic mass is 32.2. The molecule has 0 bridgehead atoms. The number of nitrogens with zero attached hydrogens (tertiary/aromatic N) is 2. The third-order valence-corrected chi connectivity index (χ3v) is 8.95. The van der Waals surface area contributed by atoms with Crippen LogP contribution in [0.15, 0.2) is 77.7 Å². The zero-order chi connectivity index (χ0) is 29.4. The van der Waals surface area contributed by atoms with E-state index in [1.54, 1.807) is 42.5 Å². The fourth-order valence-corrected chi connectivity index (χ4v) is 5.89. The molecule has 0 fully saturated rings. The van der Waals surface area contributed by atoms with E-state index in [-0.39, 0.29) is 23.4 Å². The van der Waals surface area contributed by atoms with Gasteiger partial charge in [0.05, 0.1) is 10.6 Å². The van der Waals surface area contributed by atoms with Crippen LogP contribution in [-0.4, -0.2) is 43.8 Å². The minimum atomic E-state index is -4.09. The van der Waals surface area contributed by atoms with E-state index in [0.717, 1.165) is 33.0 Å². The fourth-order valence-electron chi connectivity index (χ4n) is 4.48. The Morgan fingerprint density at radius 2 is 1.52 bits per heavy atom. The van der Waals surface area contributed by atoms with Crippen molar-refractivity contribution < 1.29 is 18.0 Å². The van der Waals surface area contributed by atoms with Crippen LogP contribution in [0.25, 0.3) is 0 Å². The molecule has 2 amide bonds. The third kappa shape index (κ3) is 7.50. The molecule has 0 aromatic heterocycles. The topological polar surface area (TPSA) is 86.8 Å². The van der Waals surface area contributed by atoms with Gasteiger partial charge in [-0.25, -0.2) is 8.42 Å². The Hall–Kier alpha value is -3.65. The lowest BCUT2D eigenvalue weighted by Crippen LogP contribution is -2.53. The summed E-state index contributed by atoms with van der Waals surface area (Å²) in [6, 6.07) is 20.5. The number of amides is 2. The highest BCUT2D eigenvalue weighted by molar-refractivity contribution is 7.92. The largest absolute Gasteiger partial charge is 0.352 e. The number of nitrogens with one attached hydrogen (secondary N) is 1. The molecule has 1 N–H and O–H groups in total. The van der Waals surface area contributed by atoms with Crippen LogP contribution >= 0.6 is 0 Å². The summed E-state index contributed by atoms with van der Waals surface area (Å²) in [7, 11) is -4.09. The summed E-state index contributed by atoms with van der Waals surface area (Å²) in [5.74, 6) is -0.700. The van der Waals surface area contributed by atoms with Crippen molar-refractivity contribution in [2.75, 3.05) is 10.8 Å². The predicted octanol–water partition coefficient (Wildman–Crippen LogP) is 5.53. The first-order valence-corrected chi connectivity index (χ1v) is 15.2. The lowest BCUT2D eigenvalue weighted by atomic mass is 10.1. The van der Waals surface area contributed by atoms with Gasteiger partial charge in [0.2, 0.25) is 11.8 Å². The fraction of sp³-hybridized carbons (Fsp3) is 0.375. The number of aryl methyl sites for hydroxylation is 3. The van der Waals surface area contributed by atoms with Gasteiger partial charge in [-0.1, -0.05) is 67.9 Å². The maximum atomic E-state index is 14.2. The summed E-state index contributed by atoms with van der Waals surface area (Å²) in [5, 5.41) is 3.01. The Labute approximate surface area is 239 Å². The lowest BCUT2D eigenvalue weighted by molar-refractivity contribution is -0.140. The van der Waals surface area contributed by atoms with Gasteiger partial charge in [0, 0.05) is 12.6 Å². The van der Waals surface area contributed by atoms with Crippen molar-refractivity contribution in [1.82, 2.24) is 10.2 Å². The van der Waals surface area contributed by atoms with Gasteiger partial charge in [-0.2, -0.15) is 0 Å². The number of hydrogen-bond donors (Lipinski definition) is 1. The molecule has 214 valence electrons. The molecule has 2 atom stereocenters. The van der Waals surface area contributed by atoms with Gasteiger partial charge < -0.3 is 10.2 Å². The number of benzene rings is 3. The van der Waals surface area contributed by atoms with Gasteiger partial charge in [-0.05, 0) is 81.5 Å². The average Bonchev–Trinajstić information content (AvgIpc) is 2.92. The molecule has 0 heterocycles. The van der Waals surface area contributed by atoms with E-state index in [0.29, 0.717) is 12.1 Å². The van der Waals surface area contributed by atoms with Crippen LogP contribution in [0.5, 0.6) is 0 Å². The van der Waals surface area contributed by atoms with Crippen molar-refractivity contribution in [2.24, 2.45) is 0 Å². The minimum Gasteiger partial charge on any atom is -0.352 e. The van der Waals surface area contributed by atoms with E-state index >= 15 is 0 Å². The first-order chi connectivity index (χ1) is 19.0. The molecule has 3 rings (SSSR count). The van der Waals surface area contributed by atoms with Gasteiger partial charge in [-0.15, -0.1) is 0 Å². The predicted molar refractivity (Wildman–Crippen MR) is 161 cm³/mol. The Kier molecular flexibility index (Phi) is 10.5. The second-order valence-electron chi connectivity index (χ2n) is 10.4. The van der Waals surface area contributed by atoms with E-state index in [4.69, 9.17) is 0 Å². The Morgan fingerprint density at radius 3 is 2.12 bits per heavy atom. The van der Waals surface area contributed by atoms with Gasteiger partial charge in [0.25, 0.3) is 10.0 Å². The molecule has 0 aliphatic heterocycles. The summed E-state index contributed by atoms with van der Waals surface area (Å²) in [4.78, 5) is 29.2. The van der Waals surface area contributed by atoms with Crippen molar-refractivity contribution in [1.29, 1.82) is 0 Å². The number of sulfonamides is 1. The average molecular weight is 564 g/mol. The quantitative estimate of drug-likeness (QED) is 0.314. The smallest absolute Gasteiger partial charge is 0.264 e. The molecule has 0 unspecified atom stereocenters. The molecule has 0 aliphatic rings. The third-order valence-electron chi connectivity index (χ3n) is 7.17. The summed E-state index contributed by atoms with van der Waals surface area (Å²) in [6.07, 6.45) is 1.14. The number of anilines is 1. The van der Waals surface area contributed by atoms with Crippen molar-refractivity contribution in [3.8, 4) is 0 Å². The van der Waals surface area contributed by atoms with Crippen LogP contribution in [0, 0.1) is 20.8 Å². The molecule has 0 radical (unpaired) electrons. The summed E-state index contributed by atoms with van der Waals surface area (Å²) in [6.45, 7) is 11.2. The summed E-state index contributed by atoms with van der Waals surface area (Å²) >= 11 is 0. The Balaban J connectivity index is 2.07. The number of carbonyl (C=O) groups is 2. The number of rotatable bonds is 12. The molecule has 8 heteroatoms. The van der Waals surface area contributed by atoms with Gasteiger partial charge in [0.15, 0.2) is 0 Å². The molecule has 0 spiro atoms. The second-order valence-corrected chi connectivity index (χ2v) is 12.2. The van der Waals surface area contributed by atoms with Crippen LogP contribution in [-0.2, 0) is 26.2 Å². The Morgan fingerprint density at radius 1 is 0.850 bits per heavy atom. The van der Waals surface area contributed by atoms with Crippen LogP contribution in [0.1, 0.15) is 55.9 Å². The highest BCUT2D eigenvalue weighted by Crippen LogP contribution is 2.26. The Bertz CT molecular complexity index is 1420. The number of hydrogen-bond acceptors (Lipinski definition) is 4. The van der Waals surface area contributed by atoms with Crippen molar-refractivity contribution >= 4 is 27.5 Å². The maximum Gasteiger partial charge on any atom is 0.264 e. The monoisotopic (exact) mass is 563 g/mol. The van der Waals surface area contributed by atoms with Gasteiger partial charge >= 0.3 is 0 Å². The van der Waals surface area contributed by atoms with Crippen LogP contribution in [0.2, 0.25) is 0 Å². The zero-order valence-corrected chi connectivity index (χ0v) is 25.2. The molecule has 0 saturated carbocycles. The van der Waals surface area contributed by atoms with E-state index < -0.39 is 28.5 Å². The van der Waals surface area contributed by atoms with E-state index in [1.165, 1.54) is 4.90 Å². The molecular formula is C32H41N3O4S. The standard InChI is InChI=1S/C32H41N3O4S/c1-7-26(6)33-32(37)30(8-2)34(21-27-14-10-9-13-25(27)5)31(36)22-35(28-15-11-12-24(4)20-28)40(38,39)29-18-16-23(3)17-19-29/h9-20,26,30H,7-8,21-22H2,1-6H3,(H,33,37)/t26-,30+/m0/s1. The van der Waals surface area contributed by atoms with Gasteiger partial charge in [-0.3, -0.25) is 13.9 Å². The van der Waals surface area contributed by atoms with Crippen molar-refractivity contribution in [3.63, 3.8) is 0 Å². The molecule has 40 heavy (non-hydrogen) atoms. The molecular weight excluding hydrogens is 522 g/mol. The number of carbonyl (C=O) groups excluding carboxylic acids is 2. The molecule has 7 nitrogen and oxygen atoms in total.